The lowest BCUT2D eigenvalue weighted by atomic mass is 9.89. The molecule has 2 aromatic rings. The number of rotatable bonds is 8. The molecule has 3 amide bonds. The van der Waals surface area contributed by atoms with Gasteiger partial charge in [-0.1, -0.05) is 49.3 Å². The fraction of sp³-hybridized carbons (Fsp3) is 0.367. The molecule has 230 valence electrons. The number of nitrogens with one attached hydrogen (secondary N) is 1. The average molecular weight is 610 g/mol. The Hall–Kier alpha value is -4.13. The Balaban J connectivity index is 1.59. The zero-order valence-electron chi connectivity index (χ0n) is 23.4. The summed E-state index contributed by atoms with van der Waals surface area (Å²) in [5.74, 6) is -0.607. The highest BCUT2D eigenvalue weighted by Gasteiger charge is 2.71. The van der Waals surface area contributed by atoms with Gasteiger partial charge in [0.1, 0.15) is 11.3 Å². The molecule has 43 heavy (non-hydrogen) atoms. The van der Waals surface area contributed by atoms with E-state index in [1.165, 1.54) is 18.3 Å². The molecule has 2 N–H and O–H groups in total. The predicted octanol–water partition coefficient (Wildman–Crippen LogP) is 6.78. The Bertz CT molecular complexity index is 1500. The number of nitrogens with zero attached hydrogens (tertiary/aromatic N) is 2. The van der Waals surface area contributed by atoms with Gasteiger partial charge in [-0.05, 0) is 61.6 Å². The zero-order chi connectivity index (χ0) is 31.8. The van der Waals surface area contributed by atoms with Crippen molar-refractivity contribution in [1.29, 1.82) is 0 Å². The Kier molecular flexibility index (Phi) is 8.51. The summed E-state index contributed by atoms with van der Waals surface area (Å²) in [4.78, 5) is 31.4. The number of benzene rings is 1. The van der Waals surface area contributed by atoms with Gasteiger partial charge in [-0.3, -0.25) is 9.69 Å². The molecule has 2 aliphatic rings. The summed E-state index contributed by atoms with van der Waals surface area (Å²) in [6, 6.07) is 4.36. The number of aliphatic hydroxyl groups is 1. The third-order valence-corrected chi connectivity index (χ3v) is 7.36. The molecule has 13 heteroatoms. The first-order valence-corrected chi connectivity index (χ1v) is 13.3. The number of amides is 3. The van der Waals surface area contributed by atoms with E-state index in [1.54, 1.807) is 19.9 Å². The molecule has 1 atom stereocenters. The molecule has 1 aromatic carbocycles. The summed E-state index contributed by atoms with van der Waals surface area (Å²) < 4.78 is 86.3. The first-order chi connectivity index (χ1) is 20.0. The third kappa shape index (κ3) is 6.03. The Morgan fingerprint density at radius 1 is 1.07 bits per heavy atom. The molecule has 1 aromatic heterocycles. The Morgan fingerprint density at radius 2 is 1.77 bits per heavy atom. The first-order valence-electron chi connectivity index (χ1n) is 13.3. The summed E-state index contributed by atoms with van der Waals surface area (Å²) in [6.07, 6.45) is -2.42. The van der Waals surface area contributed by atoms with Crippen molar-refractivity contribution < 1.29 is 45.8 Å². The van der Waals surface area contributed by atoms with E-state index in [-0.39, 0.29) is 30.2 Å². The van der Waals surface area contributed by atoms with Crippen LogP contribution in [0.2, 0.25) is 0 Å². The van der Waals surface area contributed by atoms with Crippen molar-refractivity contribution >= 4 is 11.9 Å². The van der Waals surface area contributed by atoms with Crippen LogP contribution in [0.25, 0.3) is 0 Å². The van der Waals surface area contributed by atoms with Crippen molar-refractivity contribution in [3.8, 4) is 11.6 Å². The number of hydrogen-bond donors (Lipinski definition) is 2. The van der Waals surface area contributed by atoms with E-state index in [0.29, 0.717) is 36.1 Å². The Morgan fingerprint density at radius 3 is 2.42 bits per heavy atom. The van der Waals surface area contributed by atoms with Gasteiger partial charge in [0, 0.05) is 17.8 Å². The smallest absolute Gasteiger partial charge is 0.430 e. The first kappa shape index (κ1) is 31.8. The van der Waals surface area contributed by atoms with Gasteiger partial charge in [-0.2, -0.15) is 26.3 Å². The number of imide groups is 1. The van der Waals surface area contributed by atoms with Crippen LogP contribution in [0.4, 0.5) is 31.1 Å². The van der Waals surface area contributed by atoms with Crippen LogP contribution in [0.3, 0.4) is 0 Å². The minimum atomic E-state index is -6.03. The predicted molar refractivity (Wildman–Crippen MR) is 144 cm³/mol. The second-order valence-corrected chi connectivity index (χ2v) is 10.5. The van der Waals surface area contributed by atoms with Gasteiger partial charge in [0.05, 0.1) is 6.54 Å². The van der Waals surface area contributed by atoms with E-state index in [2.05, 4.69) is 10.3 Å². The van der Waals surface area contributed by atoms with Gasteiger partial charge in [-0.15, -0.1) is 0 Å². The van der Waals surface area contributed by atoms with E-state index in [4.69, 9.17) is 4.74 Å². The fourth-order valence-corrected chi connectivity index (χ4v) is 4.91. The van der Waals surface area contributed by atoms with Crippen LogP contribution in [0.15, 0.2) is 72.0 Å². The highest BCUT2D eigenvalue weighted by atomic mass is 19.4. The maximum absolute atomic E-state index is 13.4. The molecule has 0 radical (unpaired) electrons. The van der Waals surface area contributed by atoms with Crippen molar-refractivity contribution in [2.24, 2.45) is 0 Å². The second kappa shape index (κ2) is 11.5. The minimum absolute atomic E-state index is 0.0148. The molecule has 2 heterocycles. The van der Waals surface area contributed by atoms with E-state index in [1.807, 2.05) is 25.2 Å². The van der Waals surface area contributed by atoms with Crippen LogP contribution in [0, 0.1) is 0 Å². The molecular weight excluding hydrogens is 580 g/mol. The van der Waals surface area contributed by atoms with Crippen molar-refractivity contribution in [3.05, 3.63) is 88.7 Å². The lowest BCUT2D eigenvalue weighted by Crippen LogP contribution is -2.53. The van der Waals surface area contributed by atoms with Gasteiger partial charge in [0.15, 0.2) is 0 Å². The van der Waals surface area contributed by atoms with Gasteiger partial charge in [-0.25, -0.2) is 9.78 Å². The van der Waals surface area contributed by atoms with Crippen LogP contribution in [-0.4, -0.2) is 44.8 Å². The number of urea groups is 1. The van der Waals surface area contributed by atoms with Gasteiger partial charge >= 0.3 is 18.4 Å². The zero-order valence-corrected chi connectivity index (χ0v) is 23.4. The summed E-state index contributed by atoms with van der Waals surface area (Å²) in [5, 5.41) is 12.6. The molecular formula is C30H29F6N3O4. The number of pyridine rings is 1. The molecule has 0 spiro atoms. The summed E-state index contributed by atoms with van der Waals surface area (Å²) in [7, 11) is 0. The number of allylic oxidation sites excluding steroid dienone is 5. The maximum Gasteiger partial charge on any atom is 0.430 e. The molecule has 0 bridgehead atoms. The molecule has 7 nitrogen and oxygen atoms in total. The minimum Gasteiger partial charge on any atom is -0.439 e. The number of carbonyl (C=O) groups excluding carboxylic acids is 2. The quantitative estimate of drug-likeness (QED) is 0.254. The van der Waals surface area contributed by atoms with E-state index >= 15 is 0 Å². The van der Waals surface area contributed by atoms with Crippen LogP contribution in [-0.2, 0) is 23.4 Å². The highest BCUT2D eigenvalue weighted by Crippen LogP contribution is 2.50. The fourth-order valence-electron chi connectivity index (χ4n) is 4.91. The van der Waals surface area contributed by atoms with Crippen LogP contribution < -0.4 is 10.1 Å². The van der Waals surface area contributed by atoms with E-state index in [9.17, 15) is 41.0 Å². The van der Waals surface area contributed by atoms with Gasteiger partial charge in [0.25, 0.3) is 11.5 Å². The van der Waals surface area contributed by atoms with Crippen LogP contribution in [0.5, 0.6) is 11.6 Å². The monoisotopic (exact) mass is 609 g/mol. The number of ether oxygens (including phenoxy) is 1. The molecule has 4 rings (SSSR count). The van der Waals surface area contributed by atoms with Crippen molar-refractivity contribution in [3.63, 3.8) is 0 Å². The van der Waals surface area contributed by atoms with Gasteiger partial charge < -0.3 is 15.2 Å². The van der Waals surface area contributed by atoms with Crippen molar-refractivity contribution in [1.82, 2.24) is 15.2 Å². The van der Waals surface area contributed by atoms with Gasteiger partial charge in [0.2, 0.25) is 5.88 Å². The number of aromatic nitrogens is 1. The third-order valence-electron chi connectivity index (χ3n) is 7.36. The highest BCUT2D eigenvalue weighted by molar-refractivity contribution is 6.08. The largest absolute Gasteiger partial charge is 0.439 e. The molecule has 1 saturated heterocycles. The van der Waals surface area contributed by atoms with E-state index < -0.39 is 41.0 Å². The SMILES string of the molecule is CCCc1cc(C(O)(C(F)(F)F)C(F)(F)F)ccc1Oc1cc(CN2C(=O)NC(C)(C3=CC=C(C)C=CC3)C2=O)ccn1. The maximum atomic E-state index is 13.4. The lowest BCUT2D eigenvalue weighted by molar-refractivity contribution is -0.376. The standard InChI is InChI=1S/C30H29F6N3O4/c1-4-6-20-16-22(28(42,29(31,32)33)30(34,35)36)11-12-23(20)43-24-15-19(13-14-37-24)17-39-25(40)27(3,38-26(39)41)21-8-5-7-18(2)9-10-21/h5,7,9-16,42H,4,6,8,17H2,1-3H3,(H,38,41). The summed E-state index contributed by atoms with van der Waals surface area (Å²) >= 11 is 0. The Labute approximate surface area is 243 Å². The van der Waals surface area contributed by atoms with Crippen molar-refractivity contribution in [2.45, 2.75) is 70.1 Å². The summed E-state index contributed by atoms with van der Waals surface area (Å²) in [5.41, 5.74) is -5.62. The molecule has 0 saturated carbocycles. The molecule has 1 aliphatic heterocycles. The summed E-state index contributed by atoms with van der Waals surface area (Å²) in [6.45, 7) is 5.05. The van der Waals surface area contributed by atoms with Crippen LogP contribution >= 0.6 is 0 Å². The number of halogens is 6. The number of hydrogen-bond acceptors (Lipinski definition) is 5. The number of alkyl halides is 6. The molecule has 1 aliphatic carbocycles. The molecule has 1 fully saturated rings. The molecule has 1 unspecified atom stereocenters. The topological polar surface area (TPSA) is 91.8 Å². The van der Waals surface area contributed by atoms with Crippen molar-refractivity contribution in [2.75, 3.05) is 0 Å². The van der Waals surface area contributed by atoms with E-state index in [0.717, 1.165) is 16.5 Å². The normalized spacial score (nSPS) is 19.6. The second-order valence-electron chi connectivity index (χ2n) is 10.5. The number of aryl methyl sites for hydroxylation is 1. The lowest BCUT2D eigenvalue weighted by Gasteiger charge is -2.33. The number of carbonyl (C=O) groups is 2. The van der Waals surface area contributed by atoms with Crippen LogP contribution in [0.1, 0.15) is 50.3 Å². The average Bonchev–Trinajstić information content (AvgIpc) is 3.04.